The van der Waals surface area contributed by atoms with E-state index < -0.39 is 10.2 Å². The van der Waals surface area contributed by atoms with E-state index in [0.717, 1.165) is 10.0 Å². The van der Waals surface area contributed by atoms with Gasteiger partial charge in [0.1, 0.15) is 0 Å². The summed E-state index contributed by atoms with van der Waals surface area (Å²) in [5.74, 6) is 0. The predicted molar refractivity (Wildman–Crippen MR) is 67.1 cm³/mol. The molecule has 5 nitrogen and oxygen atoms in total. The van der Waals surface area contributed by atoms with Crippen molar-refractivity contribution in [2.24, 2.45) is 4.40 Å². The summed E-state index contributed by atoms with van der Waals surface area (Å²) in [4.78, 5) is 0. The topological polar surface area (TPSA) is 84.5 Å². The van der Waals surface area contributed by atoms with Crippen molar-refractivity contribution < 1.29 is 8.42 Å². The van der Waals surface area contributed by atoms with Crippen molar-refractivity contribution >= 4 is 43.6 Å². The summed E-state index contributed by atoms with van der Waals surface area (Å²) < 4.78 is 28.3. The SMILES string of the molecule is Nc1ccc(C2=CNS(=O)(=O)N=C2)cc1Br. The number of anilines is 1. The number of benzene rings is 1. The van der Waals surface area contributed by atoms with E-state index in [4.69, 9.17) is 5.73 Å². The maximum Gasteiger partial charge on any atom is 0.341 e. The molecule has 1 heterocycles. The highest BCUT2D eigenvalue weighted by atomic mass is 79.9. The zero-order valence-corrected chi connectivity index (χ0v) is 10.4. The normalized spacial score (nSPS) is 17.7. The molecule has 1 aromatic rings. The summed E-state index contributed by atoms with van der Waals surface area (Å²) in [5, 5.41) is 0. The number of hydrogen-bond acceptors (Lipinski definition) is 3. The van der Waals surface area contributed by atoms with E-state index in [1.807, 2.05) is 0 Å². The van der Waals surface area contributed by atoms with E-state index in [9.17, 15) is 8.42 Å². The van der Waals surface area contributed by atoms with Crippen molar-refractivity contribution in [3.05, 3.63) is 34.4 Å². The van der Waals surface area contributed by atoms with Crippen molar-refractivity contribution in [1.29, 1.82) is 0 Å². The van der Waals surface area contributed by atoms with E-state index in [2.05, 4.69) is 25.0 Å². The van der Waals surface area contributed by atoms with Gasteiger partial charge in [-0.1, -0.05) is 6.07 Å². The Kier molecular flexibility index (Phi) is 2.73. The van der Waals surface area contributed by atoms with Gasteiger partial charge in [0, 0.05) is 21.9 Å². The minimum Gasteiger partial charge on any atom is -0.398 e. The number of hydrogen-bond donors (Lipinski definition) is 2. The molecule has 0 saturated carbocycles. The molecule has 0 spiro atoms. The van der Waals surface area contributed by atoms with Crippen LogP contribution in [0.2, 0.25) is 0 Å². The Morgan fingerprint density at radius 1 is 1.38 bits per heavy atom. The third-order valence-corrected chi connectivity index (χ3v) is 3.51. The fourth-order valence-electron chi connectivity index (χ4n) is 1.20. The van der Waals surface area contributed by atoms with Gasteiger partial charge in [0.15, 0.2) is 0 Å². The zero-order chi connectivity index (χ0) is 11.8. The molecular formula is C9H8BrN3O2S. The van der Waals surface area contributed by atoms with Crippen molar-refractivity contribution in [3.63, 3.8) is 0 Å². The number of allylic oxidation sites excluding steroid dienone is 1. The zero-order valence-electron chi connectivity index (χ0n) is 8.01. The van der Waals surface area contributed by atoms with Gasteiger partial charge in [0.05, 0.1) is 6.21 Å². The molecule has 0 bridgehead atoms. The lowest BCUT2D eigenvalue weighted by Gasteiger charge is -2.09. The minimum atomic E-state index is -3.54. The second-order valence-corrected chi connectivity index (χ2v) is 5.41. The number of nitrogens with zero attached hydrogens (tertiary/aromatic N) is 1. The molecule has 16 heavy (non-hydrogen) atoms. The van der Waals surface area contributed by atoms with E-state index in [1.54, 1.807) is 18.2 Å². The standard InChI is InChI=1S/C9H8BrN3O2S/c10-8-3-6(1-2-9(8)11)7-4-12-16(14,15)13-5-7/h1-5,12H,11H2. The number of nitrogens with two attached hydrogens (primary N) is 1. The summed E-state index contributed by atoms with van der Waals surface area (Å²) in [5.41, 5.74) is 7.78. The molecule has 0 saturated heterocycles. The Bertz CT molecular complexity index is 593. The van der Waals surface area contributed by atoms with Gasteiger partial charge < -0.3 is 5.73 Å². The van der Waals surface area contributed by atoms with Crippen LogP contribution in [0.1, 0.15) is 5.56 Å². The van der Waals surface area contributed by atoms with Gasteiger partial charge in [-0.3, -0.25) is 4.72 Å². The highest BCUT2D eigenvalue weighted by molar-refractivity contribution is 9.10. The van der Waals surface area contributed by atoms with Gasteiger partial charge in [-0.15, -0.1) is 0 Å². The molecule has 1 aromatic carbocycles. The van der Waals surface area contributed by atoms with Crippen LogP contribution in [-0.4, -0.2) is 14.6 Å². The molecule has 7 heteroatoms. The second kappa shape index (κ2) is 3.91. The second-order valence-electron chi connectivity index (χ2n) is 3.16. The van der Waals surface area contributed by atoms with Crippen molar-refractivity contribution in [3.8, 4) is 0 Å². The van der Waals surface area contributed by atoms with E-state index in [-0.39, 0.29) is 0 Å². The van der Waals surface area contributed by atoms with Crippen LogP contribution >= 0.6 is 15.9 Å². The largest absolute Gasteiger partial charge is 0.398 e. The monoisotopic (exact) mass is 301 g/mol. The van der Waals surface area contributed by atoms with Crippen LogP contribution in [0, 0.1) is 0 Å². The lowest BCUT2D eigenvalue weighted by atomic mass is 10.1. The third-order valence-electron chi connectivity index (χ3n) is 2.03. The Morgan fingerprint density at radius 3 is 2.69 bits per heavy atom. The van der Waals surface area contributed by atoms with E-state index >= 15 is 0 Å². The fourth-order valence-corrected chi connectivity index (χ4v) is 2.16. The molecule has 0 aromatic heterocycles. The average molecular weight is 302 g/mol. The minimum absolute atomic E-state index is 0.623. The van der Waals surface area contributed by atoms with Crippen molar-refractivity contribution in [2.75, 3.05) is 5.73 Å². The first-order chi connectivity index (χ1) is 7.48. The van der Waals surface area contributed by atoms with Gasteiger partial charge in [-0.25, -0.2) is 0 Å². The third kappa shape index (κ3) is 2.25. The predicted octanol–water partition coefficient (Wildman–Crippen LogP) is 1.29. The molecule has 1 aliphatic rings. The smallest absolute Gasteiger partial charge is 0.341 e. The quantitative estimate of drug-likeness (QED) is 0.767. The summed E-state index contributed by atoms with van der Waals surface area (Å²) in [6.07, 6.45) is 2.68. The first-order valence-electron chi connectivity index (χ1n) is 4.31. The van der Waals surface area contributed by atoms with Crippen LogP contribution in [0.5, 0.6) is 0 Å². The summed E-state index contributed by atoms with van der Waals surface area (Å²) in [6, 6.07) is 5.32. The Hall–Kier alpha value is -1.34. The first kappa shape index (κ1) is 11.2. The summed E-state index contributed by atoms with van der Waals surface area (Å²) in [7, 11) is -3.54. The molecule has 0 amide bonds. The highest BCUT2D eigenvalue weighted by Gasteiger charge is 2.11. The maximum atomic E-state index is 11.0. The van der Waals surface area contributed by atoms with Crippen LogP contribution in [0.25, 0.3) is 5.57 Å². The van der Waals surface area contributed by atoms with E-state index in [0.29, 0.717) is 11.3 Å². The molecule has 3 N–H and O–H groups in total. The molecule has 2 rings (SSSR count). The highest BCUT2D eigenvalue weighted by Crippen LogP contribution is 2.24. The van der Waals surface area contributed by atoms with Crippen LogP contribution in [0.15, 0.2) is 33.3 Å². The molecule has 0 aliphatic carbocycles. The van der Waals surface area contributed by atoms with Crippen molar-refractivity contribution in [1.82, 2.24) is 4.72 Å². The van der Waals surface area contributed by atoms with Crippen LogP contribution < -0.4 is 10.5 Å². The number of nitrogens with one attached hydrogen (secondary N) is 1. The molecule has 0 radical (unpaired) electrons. The lowest BCUT2D eigenvalue weighted by Crippen LogP contribution is -2.19. The van der Waals surface area contributed by atoms with Crippen LogP contribution in [0.4, 0.5) is 5.69 Å². The molecule has 0 atom stereocenters. The van der Waals surface area contributed by atoms with Gasteiger partial charge in [0.2, 0.25) is 0 Å². The molecule has 84 valence electrons. The van der Waals surface area contributed by atoms with Crippen LogP contribution in [-0.2, 0) is 10.2 Å². The summed E-state index contributed by atoms with van der Waals surface area (Å²) in [6.45, 7) is 0. The first-order valence-corrected chi connectivity index (χ1v) is 6.54. The molecule has 1 aliphatic heterocycles. The molecule has 0 unspecified atom stereocenters. The number of nitrogen functional groups attached to an aromatic ring is 1. The van der Waals surface area contributed by atoms with Gasteiger partial charge in [-0.2, -0.15) is 12.8 Å². The maximum absolute atomic E-state index is 11.0. The Balaban J connectivity index is 2.37. The number of halogens is 1. The van der Waals surface area contributed by atoms with E-state index in [1.165, 1.54) is 12.4 Å². The average Bonchev–Trinajstić information content (AvgIpc) is 2.22. The van der Waals surface area contributed by atoms with Crippen molar-refractivity contribution in [2.45, 2.75) is 0 Å². The molecular weight excluding hydrogens is 294 g/mol. The van der Waals surface area contributed by atoms with Gasteiger partial charge in [-0.05, 0) is 33.6 Å². The summed E-state index contributed by atoms with van der Waals surface area (Å²) >= 11 is 3.30. The van der Waals surface area contributed by atoms with Gasteiger partial charge >= 0.3 is 10.2 Å². The Morgan fingerprint density at radius 2 is 2.12 bits per heavy atom. The number of rotatable bonds is 1. The Labute approximate surface area is 101 Å². The molecule has 0 fully saturated rings. The van der Waals surface area contributed by atoms with Crippen LogP contribution in [0.3, 0.4) is 0 Å². The fraction of sp³-hybridized carbons (Fsp3) is 0. The lowest BCUT2D eigenvalue weighted by molar-refractivity contribution is 0.592. The van der Waals surface area contributed by atoms with Gasteiger partial charge in [0.25, 0.3) is 0 Å².